The van der Waals surface area contributed by atoms with E-state index in [1.807, 2.05) is 27.7 Å². The topological polar surface area (TPSA) is 61.3 Å². The number of aliphatic hydroxyl groups excluding tert-OH is 1. The first-order chi connectivity index (χ1) is 14.8. The third kappa shape index (κ3) is 6.96. The van der Waals surface area contributed by atoms with E-state index in [4.69, 9.17) is 5.11 Å². The molecule has 30 heavy (non-hydrogen) atoms. The van der Waals surface area contributed by atoms with Gasteiger partial charge in [-0.1, -0.05) is 58.4 Å². The molecule has 1 saturated heterocycles. The van der Waals surface area contributed by atoms with Crippen LogP contribution in [0.5, 0.6) is 0 Å². The number of aliphatic hydroxyl groups is 1. The van der Waals surface area contributed by atoms with Gasteiger partial charge < -0.3 is 10.4 Å². The van der Waals surface area contributed by atoms with Crippen LogP contribution in [0.1, 0.15) is 65.4 Å². The minimum absolute atomic E-state index is 0.333. The van der Waals surface area contributed by atoms with Gasteiger partial charge in [0.2, 0.25) is 0 Å². The van der Waals surface area contributed by atoms with Crippen molar-refractivity contribution in [3.8, 4) is 0 Å². The quantitative estimate of drug-likeness (QED) is 0.460. The van der Waals surface area contributed by atoms with Crippen LogP contribution in [-0.4, -0.2) is 39.7 Å². The zero-order chi connectivity index (χ0) is 21.8. The lowest BCUT2D eigenvalue weighted by molar-refractivity contribution is 0.168. The Bertz CT molecular complexity index is 748. The molecule has 0 atom stereocenters. The van der Waals surface area contributed by atoms with E-state index in [-0.39, 0.29) is 0 Å². The number of fused-ring (bicyclic) bond motifs is 2. The number of hydrogen-bond donors (Lipinski definition) is 2. The fourth-order valence-electron chi connectivity index (χ4n) is 3.82. The summed E-state index contributed by atoms with van der Waals surface area (Å²) in [6.45, 7) is 11.7. The molecule has 2 aliphatic rings. The molecular formula is C24H38N4OS. The highest BCUT2D eigenvalue weighted by molar-refractivity contribution is 7.99. The second-order valence-electron chi connectivity index (χ2n) is 7.21. The first-order valence-corrected chi connectivity index (χ1v) is 12.4. The number of likely N-dealkylation sites (tertiary alicyclic amines) is 1. The fraction of sp³-hybridized carbons (Fsp3) is 0.583. The highest BCUT2D eigenvalue weighted by atomic mass is 32.2. The predicted octanol–water partition coefficient (Wildman–Crippen LogP) is 6.11. The van der Waals surface area contributed by atoms with Crippen molar-refractivity contribution < 1.29 is 5.11 Å². The van der Waals surface area contributed by atoms with E-state index in [0.717, 1.165) is 35.4 Å². The maximum absolute atomic E-state index is 8.92. The average Bonchev–Trinajstić information content (AvgIpc) is 2.81. The zero-order valence-electron chi connectivity index (χ0n) is 19.0. The maximum atomic E-state index is 8.92. The van der Waals surface area contributed by atoms with E-state index >= 15 is 0 Å². The van der Waals surface area contributed by atoms with Crippen LogP contribution in [0.3, 0.4) is 0 Å². The highest BCUT2D eigenvalue weighted by Crippen LogP contribution is 2.42. The summed E-state index contributed by atoms with van der Waals surface area (Å²) in [4.78, 5) is 12.5. The summed E-state index contributed by atoms with van der Waals surface area (Å²) in [5.74, 6) is 1.69. The molecule has 3 heterocycles. The number of rotatable bonds is 6. The molecule has 0 saturated carbocycles. The summed E-state index contributed by atoms with van der Waals surface area (Å²) in [6, 6.07) is 6.69. The van der Waals surface area contributed by atoms with Gasteiger partial charge in [-0.25, -0.2) is 9.97 Å². The van der Waals surface area contributed by atoms with Crippen LogP contribution in [-0.2, 0) is 6.54 Å². The zero-order valence-corrected chi connectivity index (χ0v) is 19.8. The summed E-state index contributed by atoms with van der Waals surface area (Å²) in [5.41, 5.74) is 2.49. The first kappa shape index (κ1) is 24.6. The fourth-order valence-corrected chi connectivity index (χ4v) is 4.69. The van der Waals surface area contributed by atoms with Crippen LogP contribution in [0, 0.1) is 5.92 Å². The highest BCUT2D eigenvalue weighted by Gasteiger charge is 2.21. The minimum Gasteiger partial charge on any atom is -0.396 e. The van der Waals surface area contributed by atoms with Crippen molar-refractivity contribution in [2.75, 3.05) is 25.0 Å². The third-order valence-electron chi connectivity index (χ3n) is 5.30. The van der Waals surface area contributed by atoms with Gasteiger partial charge in [-0.2, -0.15) is 0 Å². The number of piperidine rings is 1. The van der Waals surface area contributed by atoms with Crippen LogP contribution in [0.15, 0.2) is 40.5 Å². The van der Waals surface area contributed by atoms with Gasteiger partial charge >= 0.3 is 0 Å². The van der Waals surface area contributed by atoms with Crippen molar-refractivity contribution in [2.45, 2.75) is 76.3 Å². The molecule has 1 fully saturated rings. The van der Waals surface area contributed by atoms with Gasteiger partial charge in [-0.3, -0.25) is 4.90 Å². The Morgan fingerprint density at radius 2 is 1.80 bits per heavy atom. The molecule has 2 aromatic rings. The number of anilines is 2. The van der Waals surface area contributed by atoms with Crippen molar-refractivity contribution >= 4 is 23.3 Å². The molecule has 0 amide bonds. The van der Waals surface area contributed by atoms with Gasteiger partial charge in [0.15, 0.2) is 5.82 Å². The maximum Gasteiger partial charge on any atom is 0.163 e. The van der Waals surface area contributed by atoms with Crippen molar-refractivity contribution in [3.63, 3.8) is 0 Å². The van der Waals surface area contributed by atoms with Crippen molar-refractivity contribution in [3.05, 3.63) is 36.2 Å². The number of unbranched alkanes of at least 4 members (excludes halogenated alkanes) is 1. The van der Waals surface area contributed by atoms with Crippen LogP contribution >= 0.6 is 11.8 Å². The number of nitrogens with one attached hydrogen (secondary N) is 1. The van der Waals surface area contributed by atoms with Crippen LogP contribution in [0.25, 0.3) is 0 Å². The van der Waals surface area contributed by atoms with Crippen molar-refractivity contribution in [2.24, 2.45) is 5.92 Å². The Labute approximate surface area is 186 Å². The Morgan fingerprint density at radius 3 is 2.53 bits per heavy atom. The van der Waals surface area contributed by atoms with Gasteiger partial charge in [0.05, 0.1) is 5.69 Å². The summed E-state index contributed by atoms with van der Waals surface area (Å²) in [5, 5.41) is 13.3. The molecule has 0 spiro atoms. The monoisotopic (exact) mass is 430 g/mol. The smallest absolute Gasteiger partial charge is 0.163 e. The number of benzene rings is 1. The summed E-state index contributed by atoms with van der Waals surface area (Å²) < 4.78 is 0. The van der Waals surface area contributed by atoms with E-state index in [9.17, 15) is 0 Å². The second kappa shape index (κ2) is 13.6. The van der Waals surface area contributed by atoms with Gasteiger partial charge in [0.25, 0.3) is 0 Å². The molecule has 2 aliphatic heterocycles. The summed E-state index contributed by atoms with van der Waals surface area (Å²) >= 11 is 1.68. The third-order valence-corrected chi connectivity index (χ3v) is 6.37. The lowest BCUT2D eigenvalue weighted by Crippen LogP contribution is -2.33. The molecular weight excluding hydrogens is 392 g/mol. The molecule has 0 aliphatic carbocycles. The molecule has 166 valence electrons. The average molecular weight is 431 g/mol. The SMILES string of the molecule is CC.CC.OCCCCC1CCN(Cc2ccc3c(c2)Nc2nccnc2S3)CC1. The molecule has 6 heteroatoms. The Balaban J connectivity index is 0.000000757. The predicted molar refractivity (Wildman–Crippen MR) is 128 cm³/mol. The number of aromatic nitrogens is 2. The van der Waals surface area contributed by atoms with Gasteiger partial charge in [-0.05, 0) is 56.0 Å². The standard InChI is InChI=1S/C20H26N4OS.2C2H6/c25-12-2-1-3-15-6-10-24(11-7-15)14-16-4-5-18-17(13-16)23-19-20(26-18)22-9-8-21-19;2*1-2/h4-5,8-9,13,15,25H,1-3,6-7,10-12,14H2,(H,21,23);2*1-2H3. The van der Waals surface area contributed by atoms with Gasteiger partial charge in [-0.15, -0.1) is 0 Å². The first-order valence-electron chi connectivity index (χ1n) is 11.5. The molecule has 0 unspecified atom stereocenters. The Kier molecular flexibility index (Phi) is 11.2. The minimum atomic E-state index is 0.333. The normalized spacial score (nSPS) is 15.5. The van der Waals surface area contributed by atoms with Crippen LogP contribution in [0.2, 0.25) is 0 Å². The molecule has 0 bridgehead atoms. The molecule has 2 N–H and O–H groups in total. The molecule has 1 aromatic carbocycles. The summed E-state index contributed by atoms with van der Waals surface area (Å²) in [6.07, 6.45) is 9.43. The van der Waals surface area contributed by atoms with E-state index in [1.54, 1.807) is 24.2 Å². The van der Waals surface area contributed by atoms with Crippen molar-refractivity contribution in [1.82, 2.24) is 14.9 Å². The van der Waals surface area contributed by atoms with E-state index in [1.165, 1.54) is 49.2 Å². The Hall–Kier alpha value is -1.63. The number of hydrogen-bond acceptors (Lipinski definition) is 6. The van der Waals surface area contributed by atoms with E-state index in [2.05, 4.69) is 38.4 Å². The molecule has 5 nitrogen and oxygen atoms in total. The number of nitrogens with zero attached hydrogens (tertiary/aromatic N) is 3. The van der Waals surface area contributed by atoms with Crippen LogP contribution < -0.4 is 5.32 Å². The van der Waals surface area contributed by atoms with Crippen molar-refractivity contribution in [1.29, 1.82) is 0 Å². The molecule has 0 radical (unpaired) electrons. The lowest BCUT2D eigenvalue weighted by atomic mass is 9.91. The molecule has 4 rings (SSSR count). The molecule has 1 aromatic heterocycles. The van der Waals surface area contributed by atoms with E-state index < -0.39 is 0 Å². The Morgan fingerprint density at radius 1 is 1.07 bits per heavy atom. The van der Waals surface area contributed by atoms with Gasteiger partial charge in [0, 0.05) is 30.4 Å². The lowest BCUT2D eigenvalue weighted by Gasteiger charge is -2.32. The summed E-state index contributed by atoms with van der Waals surface area (Å²) in [7, 11) is 0. The second-order valence-corrected chi connectivity index (χ2v) is 8.24. The van der Waals surface area contributed by atoms with Crippen LogP contribution in [0.4, 0.5) is 11.5 Å². The van der Waals surface area contributed by atoms with E-state index in [0.29, 0.717) is 6.61 Å². The van der Waals surface area contributed by atoms with Gasteiger partial charge in [0.1, 0.15) is 5.03 Å². The largest absolute Gasteiger partial charge is 0.396 e.